The van der Waals surface area contributed by atoms with Crippen molar-refractivity contribution in [3.05, 3.63) is 35.9 Å². The van der Waals surface area contributed by atoms with Crippen molar-refractivity contribution < 1.29 is 14.3 Å². The van der Waals surface area contributed by atoms with Crippen LogP contribution in [0.5, 0.6) is 0 Å². The fraction of sp³-hybridized carbons (Fsp3) is 0.417. The smallest absolute Gasteiger partial charge is 0.342 e. The summed E-state index contributed by atoms with van der Waals surface area (Å²) in [5.74, 6) is -1.07. The van der Waals surface area contributed by atoms with Crippen LogP contribution in [0.1, 0.15) is 31.9 Å². The van der Waals surface area contributed by atoms with E-state index in [-0.39, 0.29) is 5.97 Å². The monoisotopic (exact) mass is 206 g/mol. The summed E-state index contributed by atoms with van der Waals surface area (Å²) in [6.07, 6.45) is 0.0818. The molecule has 0 radical (unpaired) electrons. The highest BCUT2D eigenvalue weighted by atomic mass is 16.8. The van der Waals surface area contributed by atoms with E-state index in [0.29, 0.717) is 6.42 Å². The van der Waals surface area contributed by atoms with Crippen LogP contribution in [0.15, 0.2) is 30.3 Å². The number of cyclic esters (lactones) is 1. The molecular weight excluding hydrogens is 192 g/mol. The van der Waals surface area contributed by atoms with Crippen LogP contribution >= 0.6 is 0 Å². The highest BCUT2D eigenvalue weighted by Gasteiger charge is 2.43. The molecule has 0 unspecified atom stereocenters. The van der Waals surface area contributed by atoms with Crippen LogP contribution in [-0.2, 0) is 14.3 Å². The van der Waals surface area contributed by atoms with Gasteiger partial charge in [-0.2, -0.15) is 0 Å². The zero-order valence-corrected chi connectivity index (χ0v) is 8.90. The minimum absolute atomic E-state index is 0.300. The van der Waals surface area contributed by atoms with Crippen molar-refractivity contribution in [1.29, 1.82) is 0 Å². The van der Waals surface area contributed by atoms with E-state index in [1.54, 1.807) is 6.92 Å². The van der Waals surface area contributed by atoms with Crippen LogP contribution in [0, 0.1) is 0 Å². The van der Waals surface area contributed by atoms with Gasteiger partial charge in [-0.15, -0.1) is 0 Å². The van der Waals surface area contributed by atoms with Crippen LogP contribution in [0.4, 0.5) is 0 Å². The summed E-state index contributed by atoms with van der Waals surface area (Å²) >= 11 is 0. The normalized spacial score (nSPS) is 30.3. The van der Waals surface area contributed by atoms with Gasteiger partial charge in [0.2, 0.25) is 5.79 Å². The molecule has 0 spiro atoms. The number of benzene rings is 1. The Bertz CT molecular complexity index is 360. The fourth-order valence-electron chi connectivity index (χ4n) is 1.58. The number of rotatable bonds is 2. The van der Waals surface area contributed by atoms with Crippen molar-refractivity contribution in [3.8, 4) is 0 Å². The topological polar surface area (TPSA) is 35.5 Å². The van der Waals surface area contributed by atoms with E-state index in [2.05, 4.69) is 0 Å². The maximum atomic E-state index is 11.6. The molecule has 1 fully saturated rings. The van der Waals surface area contributed by atoms with Crippen molar-refractivity contribution >= 4 is 5.97 Å². The second-order valence-corrected chi connectivity index (χ2v) is 3.82. The molecule has 0 N–H and O–H groups in total. The third-order valence-electron chi connectivity index (χ3n) is 2.64. The van der Waals surface area contributed by atoms with Gasteiger partial charge in [-0.3, -0.25) is 0 Å². The molecule has 0 amide bonds. The Hall–Kier alpha value is -1.35. The Kier molecular flexibility index (Phi) is 2.49. The van der Waals surface area contributed by atoms with Gasteiger partial charge in [0, 0.05) is 13.3 Å². The number of carbonyl (C=O) groups excluding carboxylic acids is 1. The molecule has 2 rings (SSSR count). The Morgan fingerprint density at radius 2 is 2.00 bits per heavy atom. The summed E-state index contributed by atoms with van der Waals surface area (Å²) in [4.78, 5) is 11.6. The van der Waals surface area contributed by atoms with Gasteiger partial charge < -0.3 is 9.47 Å². The van der Waals surface area contributed by atoms with E-state index in [4.69, 9.17) is 9.47 Å². The average molecular weight is 206 g/mol. The predicted octanol–water partition coefficient (Wildman–Crippen LogP) is 2.43. The molecule has 15 heavy (non-hydrogen) atoms. The second-order valence-electron chi connectivity index (χ2n) is 3.82. The van der Waals surface area contributed by atoms with Crippen molar-refractivity contribution in [1.82, 2.24) is 0 Å². The van der Waals surface area contributed by atoms with Crippen molar-refractivity contribution in [2.24, 2.45) is 0 Å². The minimum Gasteiger partial charge on any atom is -0.431 e. The first kappa shape index (κ1) is 10.2. The Morgan fingerprint density at radius 1 is 1.33 bits per heavy atom. The van der Waals surface area contributed by atoms with E-state index in [0.717, 1.165) is 5.56 Å². The zero-order valence-electron chi connectivity index (χ0n) is 8.90. The lowest BCUT2D eigenvalue weighted by Crippen LogP contribution is -2.24. The summed E-state index contributed by atoms with van der Waals surface area (Å²) in [5, 5.41) is 0. The number of hydrogen-bond donors (Lipinski definition) is 0. The van der Waals surface area contributed by atoms with E-state index in [1.165, 1.54) is 0 Å². The van der Waals surface area contributed by atoms with Crippen molar-refractivity contribution in [2.75, 3.05) is 0 Å². The summed E-state index contributed by atoms with van der Waals surface area (Å²) in [6, 6.07) is 9.41. The first-order chi connectivity index (χ1) is 7.14. The quantitative estimate of drug-likeness (QED) is 0.697. The number of ether oxygens (including phenoxy) is 2. The van der Waals surface area contributed by atoms with Gasteiger partial charge in [0.15, 0.2) is 6.10 Å². The Morgan fingerprint density at radius 3 is 2.53 bits per heavy atom. The number of esters is 1. The van der Waals surface area contributed by atoms with Gasteiger partial charge in [0.25, 0.3) is 0 Å². The van der Waals surface area contributed by atoms with Crippen molar-refractivity contribution in [2.45, 2.75) is 32.2 Å². The number of hydrogen-bond acceptors (Lipinski definition) is 3. The van der Waals surface area contributed by atoms with Crippen molar-refractivity contribution in [3.63, 3.8) is 0 Å². The van der Waals surface area contributed by atoms with Gasteiger partial charge in [-0.05, 0) is 5.56 Å². The second kappa shape index (κ2) is 3.66. The molecule has 0 aromatic heterocycles. The first-order valence-electron chi connectivity index (χ1n) is 5.10. The molecule has 1 aliphatic heterocycles. The molecule has 0 bridgehead atoms. The van der Waals surface area contributed by atoms with E-state index >= 15 is 0 Å². The fourth-order valence-corrected chi connectivity index (χ4v) is 1.58. The average Bonchev–Trinajstić information content (AvgIpc) is 2.57. The largest absolute Gasteiger partial charge is 0.431 e. The SMILES string of the molecule is CC[C@]1(C)OC(=O)[C@H](c2ccccc2)O1. The summed E-state index contributed by atoms with van der Waals surface area (Å²) in [5.41, 5.74) is 0.847. The molecule has 2 atom stereocenters. The Labute approximate surface area is 89.0 Å². The van der Waals surface area contributed by atoms with Crippen LogP contribution in [0.2, 0.25) is 0 Å². The highest BCUT2D eigenvalue weighted by molar-refractivity contribution is 5.78. The van der Waals surface area contributed by atoms with Gasteiger partial charge in [0.1, 0.15) is 0 Å². The lowest BCUT2D eigenvalue weighted by Gasteiger charge is -2.19. The molecule has 1 aromatic rings. The Balaban J connectivity index is 2.23. The number of carbonyl (C=O) groups is 1. The molecule has 1 aromatic carbocycles. The van der Waals surface area contributed by atoms with Gasteiger partial charge in [-0.25, -0.2) is 4.79 Å². The highest BCUT2D eigenvalue weighted by Crippen LogP contribution is 2.35. The minimum atomic E-state index is -0.766. The molecule has 0 saturated carbocycles. The van der Waals surface area contributed by atoms with Crippen LogP contribution < -0.4 is 0 Å². The lowest BCUT2D eigenvalue weighted by molar-refractivity contribution is -0.169. The molecule has 1 heterocycles. The molecular formula is C12H14O3. The molecule has 3 nitrogen and oxygen atoms in total. The molecule has 0 aliphatic carbocycles. The summed E-state index contributed by atoms with van der Waals surface area (Å²) < 4.78 is 10.8. The third kappa shape index (κ3) is 1.88. The molecule has 3 heteroatoms. The van der Waals surface area contributed by atoms with E-state index < -0.39 is 11.9 Å². The molecule has 80 valence electrons. The lowest BCUT2D eigenvalue weighted by atomic mass is 10.1. The maximum Gasteiger partial charge on any atom is 0.342 e. The predicted molar refractivity (Wildman–Crippen MR) is 55.1 cm³/mol. The first-order valence-corrected chi connectivity index (χ1v) is 5.10. The zero-order chi connectivity index (χ0) is 10.9. The van der Waals surface area contributed by atoms with Crippen LogP contribution in [0.25, 0.3) is 0 Å². The summed E-state index contributed by atoms with van der Waals surface area (Å²) in [7, 11) is 0. The summed E-state index contributed by atoms with van der Waals surface area (Å²) in [6.45, 7) is 3.72. The van der Waals surface area contributed by atoms with Gasteiger partial charge >= 0.3 is 5.97 Å². The van der Waals surface area contributed by atoms with Gasteiger partial charge in [0.05, 0.1) is 0 Å². The maximum absolute atomic E-state index is 11.6. The van der Waals surface area contributed by atoms with Gasteiger partial charge in [-0.1, -0.05) is 37.3 Å². The molecule has 1 saturated heterocycles. The third-order valence-corrected chi connectivity index (χ3v) is 2.64. The van der Waals surface area contributed by atoms with Crippen LogP contribution in [0.3, 0.4) is 0 Å². The standard InChI is InChI=1S/C12H14O3/c1-3-12(2)14-10(11(13)15-12)9-7-5-4-6-8-9/h4-8,10H,3H2,1-2H3/t10-,12-/m0/s1. The van der Waals surface area contributed by atoms with E-state index in [1.807, 2.05) is 37.3 Å². The molecule has 1 aliphatic rings. The van der Waals surface area contributed by atoms with Crippen LogP contribution in [-0.4, -0.2) is 11.8 Å². The van der Waals surface area contributed by atoms with E-state index in [9.17, 15) is 4.79 Å².